The minimum atomic E-state index is -8.79. The highest BCUT2D eigenvalue weighted by molar-refractivity contribution is 14.1. The van der Waals surface area contributed by atoms with E-state index < -0.39 is 88.9 Å². The summed E-state index contributed by atoms with van der Waals surface area (Å²) < 4.78 is 231. The molecule has 232 valence electrons. The number of rotatable bonds is 14. The van der Waals surface area contributed by atoms with E-state index in [0.717, 1.165) is 0 Å². The predicted molar refractivity (Wildman–Crippen MR) is 100 cm³/mol. The van der Waals surface area contributed by atoms with Crippen LogP contribution in [-0.2, 0) is 14.3 Å². The Morgan fingerprint density at radius 2 is 1.05 bits per heavy atom. The van der Waals surface area contributed by atoms with Crippen LogP contribution in [0.5, 0.6) is 0 Å². The van der Waals surface area contributed by atoms with Crippen molar-refractivity contribution in [2.45, 2.75) is 77.7 Å². The fourth-order valence-electron chi connectivity index (χ4n) is 2.65. The standard InChI is InChI=1S/C17H14F17IO4/c1-2-5-39-9(38)8(35)6(3-4-7(36)37)10(18,19)11(20,21)12(22,23)13(24,25)14(26,27)15(28,29)16(30,31)17(32,33)34/h6,8H,2-5H2,1H3,(H,36,37). The molecule has 4 nitrogen and oxygen atoms in total. The molecule has 0 spiro atoms. The van der Waals surface area contributed by atoms with Crippen molar-refractivity contribution in [1.82, 2.24) is 0 Å². The largest absolute Gasteiger partial charge is 0.481 e. The number of hydrogen-bond acceptors (Lipinski definition) is 3. The van der Waals surface area contributed by atoms with Crippen molar-refractivity contribution >= 4 is 34.5 Å². The first-order valence-electron chi connectivity index (χ1n) is 9.69. The summed E-state index contributed by atoms with van der Waals surface area (Å²) in [5, 5.41) is 8.56. The van der Waals surface area contributed by atoms with Crippen molar-refractivity contribution in [3.05, 3.63) is 0 Å². The average Bonchev–Trinajstić information content (AvgIpc) is 2.75. The van der Waals surface area contributed by atoms with Gasteiger partial charge in [0.2, 0.25) is 0 Å². The van der Waals surface area contributed by atoms with E-state index in [1.54, 1.807) is 0 Å². The maximum atomic E-state index is 14.7. The van der Waals surface area contributed by atoms with Gasteiger partial charge in [0.05, 0.1) is 12.5 Å². The molecule has 2 unspecified atom stereocenters. The summed E-state index contributed by atoms with van der Waals surface area (Å²) in [5.74, 6) is -65.9. The van der Waals surface area contributed by atoms with Crippen molar-refractivity contribution in [2.75, 3.05) is 6.61 Å². The Bertz CT molecular complexity index is 887. The molecule has 0 fully saturated rings. The van der Waals surface area contributed by atoms with Crippen LogP contribution in [-0.4, -0.2) is 75.2 Å². The smallest absolute Gasteiger partial charge is 0.460 e. The third kappa shape index (κ3) is 6.08. The van der Waals surface area contributed by atoms with Crippen LogP contribution in [0.15, 0.2) is 0 Å². The zero-order chi connectivity index (χ0) is 31.8. The van der Waals surface area contributed by atoms with E-state index >= 15 is 0 Å². The summed E-state index contributed by atoms with van der Waals surface area (Å²) in [7, 11) is 0. The summed E-state index contributed by atoms with van der Waals surface area (Å²) in [6, 6.07) is 0. The quantitative estimate of drug-likeness (QED) is 0.0887. The summed E-state index contributed by atoms with van der Waals surface area (Å²) in [5.41, 5.74) is 0. The molecule has 0 radical (unpaired) electrons. The van der Waals surface area contributed by atoms with Gasteiger partial charge in [-0.05, 0) is 12.8 Å². The molecule has 39 heavy (non-hydrogen) atoms. The second-order valence-corrected chi connectivity index (χ2v) is 9.02. The number of aliphatic carboxylic acids is 1. The Labute approximate surface area is 219 Å². The SMILES string of the molecule is CCCOC(=O)C(I)C(CCC(=O)O)C(F)(F)C(F)(F)C(F)(F)C(F)(F)C(F)(F)C(F)(F)C(F)(F)C(F)(F)F. The number of carbonyl (C=O) groups excluding carboxylic acids is 1. The number of hydrogen-bond donors (Lipinski definition) is 1. The number of carboxylic acid groups (broad SMARTS) is 1. The first kappa shape index (κ1) is 37.5. The molecule has 0 aromatic carbocycles. The lowest BCUT2D eigenvalue weighted by Gasteiger charge is -2.44. The third-order valence-corrected chi connectivity index (χ3v) is 6.28. The number of esters is 1. The summed E-state index contributed by atoms with van der Waals surface area (Å²) in [6.45, 7) is 0.621. The molecule has 1 N–H and O–H groups in total. The van der Waals surface area contributed by atoms with Gasteiger partial charge in [-0.1, -0.05) is 29.5 Å². The van der Waals surface area contributed by atoms with Crippen LogP contribution in [0.25, 0.3) is 0 Å². The molecule has 0 bridgehead atoms. The predicted octanol–water partition coefficient (Wildman–Crippen LogP) is 7.23. The van der Waals surface area contributed by atoms with Crippen LogP contribution in [0.2, 0.25) is 0 Å². The van der Waals surface area contributed by atoms with Crippen molar-refractivity contribution in [3.63, 3.8) is 0 Å². The second-order valence-electron chi connectivity index (χ2n) is 7.68. The molecule has 0 saturated carbocycles. The van der Waals surface area contributed by atoms with Crippen LogP contribution < -0.4 is 0 Å². The van der Waals surface area contributed by atoms with Gasteiger partial charge >= 0.3 is 59.6 Å². The van der Waals surface area contributed by atoms with Gasteiger partial charge in [0.15, 0.2) is 0 Å². The summed E-state index contributed by atoms with van der Waals surface area (Å²) in [6.07, 6.45) is -11.6. The molecular weight excluding hydrogens is 718 g/mol. The fourth-order valence-corrected chi connectivity index (χ4v) is 3.64. The Kier molecular flexibility index (Phi) is 11.0. The molecule has 0 aliphatic heterocycles. The van der Waals surface area contributed by atoms with Crippen molar-refractivity contribution in [3.8, 4) is 0 Å². The molecule has 0 aliphatic carbocycles. The Morgan fingerprint density at radius 3 is 1.38 bits per heavy atom. The molecule has 0 aliphatic rings. The molecule has 0 rings (SSSR count). The topological polar surface area (TPSA) is 63.6 Å². The lowest BCUT2D eigenvalue weighted by atomic mass is 9.82. The van der Waals surface area contributed by atoms with Crippen molar-refractivity contribution in [2.24, 2.45) is 5.92 Å². The molecule has 0 aromatic heterocycles. The van der Waals surface area contributed by atoms with E-state index in [0.29, 0.717) is 22.6 Å². The summed E-state index contributed by atoms with van der Waals surface area (Å²) >= 11 is 0.473. The number of carboxylic acids is 1. The zero-order valence-corrected chi connectivity index (χ0v) is 20.6. The minimum Gasteiger partial charge on any atom is -0.481 e. The van der Waals surface area contributed by atoms with Gasteiger partial charge in [-0.2, -0.15) is 74.6 Å². The molecule has 2 atom stereocenters. The number of alkyl halides is 18. The van der Waals surface area contributed by atoms with Crippen molar-refractivity contribution in [1.29, 1.82) is 0 Å². The van der Waals surface area contributed by atoms with Gasteiger partial charge in [0.1, 0.15) is 3.92 Å². The Morgan fingerprint density at radius 1 is 0.692 bits per heavy atom. The van der Waals surface area contributed by atoms with Gasteiger partial charge in [0.25, 0.3) is 0 Å². The molecule has 22 heteroatoms. The fraction of sp³-hybridized carbons (Fsp3) is 0.882. The number of halogens is 18. The zero-order valence-electron chi connectivity index (χ0n) is 18.5. The van der Waals surface area contributed by atoms with E-state index in [1.807, 2.05) is 0 Å². The normalized spacial score (nSPS) is 16.6. The first-order valence-corrected chi connectivity index (χ1v) is 10.9. The third-order valence-electron chi connectivity index (χ3n) is 4.91. The average molecular weight is 732 g/mol. The van der Waals surface area contributed by atoms with Crippen LogP contribution in [0.1, 0.15) is 26.2 Å². The van der Waals surface area contributed by atoms with E-state index in [4.69, 9.17) is 5.11 Å². The van der Waals surface area contributed by atoms with Crippen LogP contribution >= 0.6 is 22.6 Å². The van der Waals surface area contributed by atoms with Crippen LogP contribution in [0.4, 0.5) is 74.6 Å². The van der Waals surface area contributed by atoms with Gasteiger partial charge < -0.3 is 9.84 Å². The monoisotopic (exact) mass is 732 g/mol. The van der Waals surface area contributed by atoms with E-state index in [1.165, 1.54) is 6.92 Å². The highest BCUT2D eigenvalue weighted by Crippen LogP contribution is 2.65. The van der Waals surface area contributed by atoms with E-state index in [9.17, 15) is 84.2 Å². The molecule has 0 amide bonds. The molecule has 0 saturated heterocycles. The lowest BCUT2D eigenvalue weighted by molar-refractivity contribution is -0.463. The van der Waals surface area contributed by atoms with Gasteiger partial charge in [-0.25, -0.2) is 0 Å². The summed E-state index contributed by atoms with van der Waals surface area (Å²) in [4.78, 5) is 22.5. The maximum absolute atomic E-state index is 14.7. The molecular formula is C17H14F17IO4. The highest BCUT2D eigenvalue weighted by atomic mass is 127. The van der Waals surface area contributed by atoms with Gasteiger partial charge in [0, 0.05) is 6.42 Å². The lowest BCUT2D eigenvalue weighted by Crippen LogP contribution is -2.75. The molecule has 0 aromatic rings. The van der Waals surface area contributed by atoms with Crippen LogP contribution in [0, 0.1) is 5.92 Å². The maximum Gasteiger partial charge on any atom is 0.460 e. The van der Waals surface area contributed by atoms with Crippen LogP contribution in [0.3, 0.4) is 0 Å². The molecule has 0 heterocycles. The second kappa shape index (κ2) is 11.4. The van der Waals surface area contributed by atoms with Gasteiger partial charge in [-0.15, -0.1) is 0 Å². The first-order chi connectivity index (χ1) is 16.9. The van der Waals surface area contributed by atoms with E-state index in [-0.39, 0.29) is 6.42 Å². The highest BCUT2D eigenvalue weighted by Gasteiger charge is 2.95. The Hall–Kier alpha value is -1.52. The van der Waals surface area contributed by atoms with E-state index in [2.05, 4.69) is 4.74 Å². The minimum absolute atomic E-state index is 0.0857. The number of carbonyl (C=O) groups is 2. The Balaban J connectivity index is 7.00. The number of ether oxygens (including phenoxy) is 1. The van der Waals surface area contributed by atoms with Crippen molar-refractivity contribution < 1.29 is 94.1 Å². The van der Waals surface area contributed by atoms with Gasteiger partial charge in [-0.3, -0.25) is 9.59 Å².